The van der Waals surface area contributed by atoms with Gasteiger partial charge in [0.15, 0.2) is 6.61 Å². The number of ether oxygens (including phenoxy) is 1. The molecule has 1 aliphatic heterocycles. The zero-order valence-corrected chi connectivity index (χ0v) is 11.7. The third-order valence-corrected chi connectivity index (χ3v) is 3.44. The fraction of sp³-hybridized carbons (Fsp3) is 0.250. The highest BCUT2D eigenvalue weighted by Gasteiger charge is 2.16. The number of aliphatic imine (C=N–C) groups is 1. The summed E-state index contributed by atoms with van der Waals surface area (Å²) in [5, 5.41) is 5.54. The Morgan fingerprint density at radius 3 is 2.95 bits per heavy atom. The average molecular weight is 297 g/mol. The van der Waals surface area contributed by atoms with Gasteiger partial charge in [0.25, 0.3) is 5.91 Å². The van der Waals surface area contributed by atoms with Gasteiger partial charge in [-0.1, -0.05) is 30.7 Å². The van der Waals surface area contributed by atoms with Gasteiger partial charge in [0.05, 0.1) is 5.02 Å². The lowest BCUT2D eigenvalue weighted by Crippen LogP contribution is -2.12. The maximum Gasteiger partial charge on any atom is 0.286 e. The van der Waals surface area contributed by atoms with Gasteiger partial charge in [-0.15, -0.1) is 10.5 Å². The lowest BCUT2D eigenvalue weighted by atomic mass is 10.3. The molecule has 7 heteroatoms. The highest BCUT2D eigenvalue weighted by atomic mass is 35.5. The number of halogens is 1. The third kappa shape index (κ3) is 3.97. The number of hydrogen-bond acceptors (Lipinski definition) is 4. The molecule has 0 bridgehead atoms. The molecule has 0 saturated heterocycles. The Morgan fingerprint density at radius 1 is 1.47 bits per heavy atom. The monoisotopic (exact) mass is 296 g/mol. The van der Waals surface area contributed by atoms with Crippen molar-refractivity contribution in [3.63, 3.8) is 0 Å². The van der Waals surface area contributed by atoms with Crippen molar-refractivity contribution < 1.29 is 9.53 Å². The van der Waals surface area contributed by atoms with Gasteiger partial charge in [0.1, 0.15) is 10.8 Å². The summed E-state index contributed by atoms with van der Waals surface area (Å²) in [6, 6.07) is 6.95. The fourth-order valence-corrected chi connectivity index (χ4v) is 2.13. The van der Waals surface area contributed by atoms with Crippen molar-refractivity contribution in [1.29, 1.82) is 0 Å². The lowest BCUT2D eigenvalue weighted by molar-refractivity contribution is -0.119. The normalized spacial score (nSPS) is 16.1. The Hall–Kier alpha value is -1.53. The van der Waals surface area contributed by atoms with Crippen LogP contribution in [0.15, 0.2) is 34.4 Å². The van der Waals surface area contributed by atoms with E-state index in [-0.39, 0.29) is 6.61 Å². The Morgan fingerprint density at radius 2 is 2.26 bits per heavy atom. The van der Waals surface area contributed by atoms with Crippen molar-refractivity contribution in [2.45, 2.75) is 13.3 Å². The third-order valence-electron chi connectivity index (χ3n) is 2.17. The summed E-state index contributed by atoms with van der Waals surface area (Å²) in [7, 11) is 0. The first kappa shape index (κ1) is 13.9. The van der Waals surface area contributed by atoms with E-state index in [1.165, 1.54) is 11.8 Å². The number of amidine groups is 1. The van der Waals surface area contributed by atoms with Gasteiger partial charge < -0.3 is 4.74 Å². The van der Waals surface area contributed by atoms with Crippen LogP contribution in [-0.2, 0) is 4.79 Å². The molecule has 1 heterocycles. The Labute approximate surface area is 120 Å². The quantitative estimate of drug-likeness (QED) is 0.858. The first-order valence-corrected chi connectivity index (χ1v) is 6.82. The second-order valence-electron chi connectivity index (χ2n) is 3.56. The molecule has 1 amide bonds. The van der Waals surface area contributed by atoms with E-state index in [0.29, 0.717) is 15.9 Å². The highest BCUT2D eigenvalue weighted by molar-refractivity contribution is 8.26. The van der Waals surface area contributed by atoms with Gasteiger partial charge in [-0.05, 0) is 30.3 Å². The number of carbonyl (C=O) groups excluding carboxylic acids is 1. The van der Waals surface area contributed by atoms with Gasteiger partial charge in [0.2, 0.25) is 5.17 Å². The molecule has 0 spiro atoms. The highest BCUT2D eigenvalue weighted by Crippen LogP contribution is 2.23. The molecule has 1 aromatic carbocycles. The molecule has 0 fully saturated rings. The summed E-state index contributed by atoms with van der Waals surface area (Å²) in [6.45, 7) is 1.79. The van der Waals surface area contributed by atoms with Crippen molar-refractivity contribution in [2.75, 3.05) is 6.61 Å². The van der Waals surface area contributed by atoms with E-state index in [4.69, 9.17) is 16.3 Å². The fourth-order valence-electron chi connectivity index (χ4n) is 1.27. The Kier molecular flexibility index (Phi) is 4.81. The van der Waals surface area contributed by atoms with E-state index >= 15 is 0 Å². The number of para-hydroxylation sites is 1. The van der Waals surface area contributed by atoms with Crippen LogP contribution in [0, 0.1) is 0 Å². The number of nitrogens with zero attached hydrogens (tertiary/aromatic N) is 3. The van der Waals surface area contributed by atoms with E-state index < -0.39 is 5.91 Å². The van der Waals surface area contributed by atoms with Gasteiger partial charge in [0, 0.05) is 0 Å². The molecule has 0 aliphatic carbocycles. The first-order chi connectivity index (χ1) is 9.19. The average Bonchev–Trinajstić information content (AvgIpc) is 2.85. The van der Waals surface area contributed by atoms with Crippen LogP contribution in [0.5, 0.6) is 5.75 Å². The van der Waals surface area contributed by atoms with Crippen LogP contribution in [0.4, 0.5) is 0 Å². The number of hydrogen-bond donors (Lipinski definition) is 0. The van der Waals surface area contributed by atoms with E-state index in [1.807, 2.05) is 6.92 Å². The molecule has 0 saturated carbocycles. The number of rotatable bonds is 4. The summed E-state index contributed by atoms with van der Waals surface area (Å²) in [5.74, 6) is 0.0398. The van der Waals surface area contributed by atoms with Crippen molar-refractivity contribution in [3.05, 3.63) is 29.3 Å². The zero-order valence-electron chi connectivity index (χ0n) is 10.2. The summed E-state index contributed by atoms with van der Waals surface area (Å²) in [4.78, 5) is 15.4. The smallest absolute Gasteiger partial charge is 0.286 e. The molecule has 1 aliphatic rings. The minimum Gasteiger partial charge on any atom is -0.482 e. The molecular formula is C12H11ClN3O2S. The molecular weight excluding hydrogens is 286 g/mol. The Bertz CT molecular complexity index is 546. The van der Waals surface area contributed by atoms with E-state index in [9.17, 15) is 4.79 Å². The molecule has 1 aromatic rings. The summed E-state index contributed by atoms with van der Waals surface area (Å²) < 4.78 is 5.29. The molecule has 19 heavy (non-hydrogen) atoms. The van der Waals surface area contributed by atoms with Crippen molar-refractivity contribution in [2.24, 2.45) is 10.1 Å². The van der Waals surface area contributed by atoms with Gasteiger partial charge in [-0.3, -0.25) is 4.79 Å². The second kappa shape index (κ2) is 6.58. The van der Waals surface area contributed by atoms with Crippen LogP contribution in [0.2, 0.25) is 5.02 Å². The zero-order chi connectivity index (χ0) is 13.7. The van der Waals surface area contributed by atoms with Gasteiger partial charge in [-0.2, -0.15) is 4.99 Å². The van der Waals surface area contributed by atoms with Crippen LogP contribution in [0.25, 0.3) is 0 Å². The van der Waals surface area contributed by atoms with E-state index in [0.717, 1.165) is 11.5 Å². The minimum absolute atomic E-state index is 0.176. The number of carbonyl (C=O) groups is 1. The Balaban J connectivity index is 1.86. The van der Waals surface area contributed by atoms with Crippen LogP contribution in [-0.4, -0.2) is 22.7 Å². The van der Waals surface area contributed by atoms with Gasteiger partial charge in [-0.25, -0.2) is 0 Å². The maximum absolute atomic E-state index is 11.6. The van der Waals surface area contributed by atoms with Crippen LogP contribution in [0.3, 0.4) is 0 Å². The predicted molar refractivity (Wildman–Crippen MR) is 76.8 cm³/mol. The molecule has 0 unspecified atom stereocenters. The largest absolute Gasteiger partial charge is 0.482 e. The maximum atomic E-state index is 11.6. The number of benzene rings is 1. The van der Waals surface area contributed by atoms with E-state index in [1.54, 1.807) is 24.3 Å². The second-order valence-corrected chi connectivity index (χ2v) is 5.00. The summed E-state index contributed by atoms with van der Waals surface area (Å²) in [6.07, 6.45) is 0.775. The van der Waals surface area contributed by atoms with Crippen molar-refractivity contribution in [3.8, 4) is 5.75 Å². The van der Waals surface area contributed by atoms with Crippen LogP contribution >= 0.6 is 23.4 Å². The standard InChI is InChI=1S/C12H11ClN3O2S/c1-2-11-15-16-12(19-11)14-10(17)7-18-9-6-4-3-5-8(9)13/h3-6H,2,7H2,1H3. The topological polar surface area (TPSA) is 65.1 Å². The molecule has 0 atom stereocenters. The molecule has 0 aromatic heterocycles. The SMILES string of the molecule is CCC1=N[N]C(=NC(=O)COc2ccccc2Cl)S1. The van der Waals surface area contributed by atoms with Crippen molar-refractivity contribution >= 4 is 39.5 Å². The molecule has 5 nitrogen and oxygen atoms in total. The lowest BCUT2D eigenvalue weighted by Gasteiger charge is -2.04. The van der Waals surface area contributed by atoms with Crippen LogP contribution in [0.1, 0.15) is 13.3 Å². The number of amides is 1. The molecule has 99 valence electrons. The minimum atomic E-state index is -0.418. The first-order valence-electron chi connectivity index (χ1n) is 5.63. The van der Waals surface area contributed by atoms with Crippen molar-refractivity contribution in [1.82, 2.24) is 5.43 Å². The summed E-state index contributed by atoms with van der Waals surface area (Å²) in [5.41, 5.74) is 3.80. The molecule has 0 N–H and O–H groups in total. The molecule has 1 radical (unpaired) electrons. The van der Waals surface area contributed by atoms with Crippen LogP contribution < -0.4 is 10.2 Å². The van der Waals surface area contributed by atoms with E-state index in [2.05, 4.69) is 15.5 Å². The number of thioether (sulfide) groups is 1. The van der Waals surface area contributed by atoms with Gasteiger partial charge >= 0.3 is 0 Å². The molecule has 2 rings (SSSR count). The predicted octanol–water partition coefficient (Wildman–Crippen LogP) is 2.68. The summed E-state index contributed by atoms with van der Waals surface area (Å²) >= 11 is 7.20.